The summed E-state index contributed by atoms with van der Waals surface area (Å²) in [4.78, 5) is 2.49. The first kappa shape index (κ1) is 14.5. The summed E-state index contributed by atoms with van der Waals surface area (Å²) < 4.78 is 7.22. The number of aromatic nitrogens is 2. The van der Waals surface area contributed by atoms with E-state index in [1.54, 1.807) is 7.11 Å². The average Bonchev–Trinajstić information content (AvgIpc) is 2.91. The van der Waals surface area contributed by atoms with E-state index in [0.29, 0.717) is 18.5 Å². The summed E-state index contributed by atoms with van der Waals surface area (Å²) in [5.74, 6) is 0.707. The molecule has 2 N–H and O–H groups in total. The van der Waals surface area contributed by atoms with Gasteiger partial charge >= 0.3 is 0 Å². The Balaban J connectivity index is 1.95. The molecule has 1 aliphatic rings. The zero-order valence-corrected chi connectivity index (χ0v) is 12.1. The quantitative estimate of drug-likeness (QED) is 0.842. The van der Waals surface area contributed by atoms with Crippen LogP contribution in [0.3, 0.4) is 0 Å². The van der Waals surface area contributed by atoms with Gasteiger partial charge in [-0.15, -0.1) is 0 Å². The lowest BCUT2D eigenvalue weighted by atomic mass is 9.95. The molecule has 19 heavy (non-hydrogen) atoms. The summed E-state index contributed by atoms with van der Waals surface area (Å²) in [7, 11) is 1.79. The highest BCUT2D eigenvalue weighted by atomic mass is 16.5. The van der Waals surface area contributed by atoms with Gasteiger partial charge in [0, 0.05) is 38.6 Å². The molecule has 5 heteroatoms. The minimum absolute atomic E-state index is 0.309. The lowest BCUT2D eigenvalue weighted by molar-refractivity contribution is 0.0810. The van der Waals surface area contributed by atoms with Crippen LogP contribution < -0.4 is 5.73 Å². The second kappa shape index (κ2) is 7.03. The van der Waals surface area contributed by atoms with Crippen molar-refractivity contribution in [1.29, 1.82) is 0 Å². The Bertz CT molecular complexity index is 371. The Morgan fingerprint density at radius 2 is 2.21 bits per heavy atom. The second-order valence-electron chi connectivity index (χ2n) is 5.32. The van der Waals surface area contributed by atoms with Gasteiger partial charge in [-0.2, -0.15) is 5.10 Å². The molecule has 108 valence electrons. The molecular formula is C14H26N4O. The van der Waals surface area contributed by atoms with Crippen molar-refractivity contribution in [2.45, 2.75) is 32.4 Å². The van der Waals surface area contributed by atoms with E-state index in [0.717, 1.165) is 26.2 Å². The predicted octanol–water partition coefficient (Wildman–Crippen LogP) is 1.26. The third-order valence-electron chi connectivity index (χ3n) is 4.08. The highest BCUT2D eigenvalue weighted by Crippen LogP contribution is 2.26. The van der Waals surface area contributed by atoms with Crippen molar-refractivity contribution in [2.24, 2.45) is 11.7 Å². The Morgan fingerprint density at radius 1 is 1.47 bits per heavy atom. The number of aryl methyl sites for hydroxylation is 1. The van der Waals surface area contributed by atoms with Crippen molar-refractivity contribution < 1.29 is 4.74 Å². The summed E-state index contributed by atoms with van der Waals surface area (Å²) >= 11 is 0. The molecule has 0 aliphatic carbocycles. The highest BCUT2D eigenvalue weighted by molar-refractivity contribution is 5.11. The van der Waals surface area contributed by atoms with Crippen LogP contribution in [0.25, 0.3) is 0 Å². The maximum Gasteiger partial charge on any atom is 0.0538 e. The number of piperidine rings is 1. The zero-order chi connectivity index (χ0) is 13.7. The second-order valence-corrected chi connectivity index (χ2v) is 5.32. The first-order valence-electron chi connectivity index (χ1n) is 7.23. The Hall–Kier alpha value is -0.910. The van der Waals surface area contributed by atoms with Crippen LogP contribution in [-0.4, -0.2) is 48.0 Å². The van der Waals surface area contributed by atoms with Crippen LogP contribution in [0, 0.1) is 5.92 Å². The van der Waals surface area contributed by atoms with Gasteiger partial charge in [-0.25, -0.2) is 0 Å². The maximum absolute atomic E-state index is 5.98. The fraction of sp³-hybridized carbons (Fsp3) is 0.786. The van der Waals surface area contributed by atoms with Gasteiger partial charge in [-0.1, -0.05) is 0 Å². The maximum atomic E-state index is 5.98. The first-order valence-corrected chi connectivity index (χ1v) is 7.23. The third kappa shape index (κ3) is 3.55. The van der Waals surface area contributed by atoms with Crippen LogP contribution in [0.2, 0.25) is 0 Å². The number of methoxy groups -OCH3 is 1. The van der Waals surface area contributed by atoms with Crippen LogP contribution in [0.1, 0.15) is 31.4 Å². The molecule has 0 amide bonds. The molecule has 1 aromatic heterocycles. The molecule has 0 spiro atoms. The molecule has 0 aromatic carbocycles. The molecule has 1 aliphatic heterocycles. The summed E-state index contributed by atoms with van der Waals surface area (Å²) in [6, 6.07) is 0.309. The van der Waals surface area contributed by atoms with Gasteiger partial charge in [0.1, 0.15) is 0 Å². The topological polar surface area (TPSA) is 56.3 Å². The molecule has 1 fully saturated rings. The van der Waals surface area contributed by atoms with Crippen molar-refractivity contribution in [1.82, 2.24) is 14.7 Å². The largest absolute Gasteiger partial charge is 0.384 e. The van der Waals surface area contributed by atoms with Gasteiger partial charge in [-0.3, -0.25) is 9.58 Å². The number of hydrogen-bond donors (Lipinski definition) is 1. The Morgan fingerprint density at radius 3 is 2.74 bits per heavy atom. The van der Waals surface area contributed by atoms with Gasteiger partial charge in [0.15, 0.2) is 0 Å². The normalized spacial score (nSPS) is 19.7. The fourth-order valence-electron chi connectivity index (χ4n) is 2.89. The number of nitrogens with zero attached hydrogens (tertiary/aromatic N) is 3. The van der Waals surface area contributed by atoms with Crippen LogP contribution in [0.5, 0.6) is 0 Å². The number of rotatable bonds is 6. The summed E-state index contributed by atoms with van der Waals surface area (Å²) in [5.41, 5.74) is 7.22. The van der Waals surface area contributed by atoms with E-state index < -0.39 is 0 Å². The van der Waals surface area contributed by atoms with Gasteiger partial charge in [-0.05, 0) is 38.8 Å². The van der Waals surface area contributed by atoms with Crippen molar-refractivity contribution in [2.75, 3.05) is 33.4 Å². The van der Waals surface area contributed by atoms with E-state index in [2.05, 4.69) is 23.1 Å². The molecule has 1 atom stereocenters. The molecule has 0 bridgehead atoms. The van der Waals surface area contributed by atoms with E-state index in [1.165, 1.54) is 18.4 Å². The molecule has 2 heterocycles. The Labute approximate surface area is 115 Å². The SMILES string of the molecule is CCn1cc(C(CN)N2CCC(COC)CC2)cn1. The average molecular weight is 266 g/mol. The lowest BCUT2D eigenvalue weighted by Gasteiger charge is -2.36. The standard InChI is InChI=1S/C14H26N4O/c1-3-18-10-13(9-16-18)14(8-15)17-6-4-12(5-7-17)11-19-2/h9-10,12,14H,3-8,11,15H2,1-2H3. The molecule has 0 radical (unpaired) electrons. The molecular weight excluding hydrogens is 240 g/mol. The van der Waals surface area contributed by atoms with E-state index >= 15 is 0 Å². The van der Waals surface area contributed by atoms with E-state index in [-0.39, 0.29) is 0 Å². The minimum atomic E-state index is 0.309. The summed E-state index contributed by atoms with van der Waals surface area (Å²) in [6.07, 6.45) is 6.49. The van der Waals surface area contributed by atoms with E-state index in [4.69, 9.17) is 10.5 Å². The number of likely N-dealkylation sites (tertiary alicyclic amines) is 1. The van der Waals surface area contributed by atoms with E-state index in [9.17, 15) is 0 Å². The van der Waals surface area contributed by atoms with Crippen LogP contribution in [0.15, 0.2) is 12.4 Å². The first-order chi connectivity index (χ1) is 9.28. The zero-order valence-electron chi connectivity index (χ0n) is 12.1. The van der Waals surface area contributed by atoms with E-state index in [1.807, 2.05) is 10.9 Å². The lowest BCUT2D eigenvalue weighted by Crippen LogP contribution is -2.40. The number of ether oxygens (including phenoxy) is 1. The van der Waals surface area contributed by atoms with Crippen LogP contribution in [0.4, 0.5) is 0 Å². The number of nitrogens with two attached hydrogens (primary N) is 1. The summed E-state index contributed by atoms with van der Waals surface area (Å²) in [5, 5.41) is 4.36. The third-order valence-corrected chi connectivity index (χ3v) is 4.08. The molecule has 0 saturated carbocycles. The van der Waals surface area contributed by atoms with Gasteiger partial charge in [0.05, 0.1) is 12.2 Å². The van der Waals surface area contributed by atoms with Crippen molar-refractivity contribution in [3.05, 3.63) is 18.0 Å². The summed E-state index contributed by atoms with van der Waals surface area (Å²) in [6.45, 7) is 6.76. The molecule has 2 rings (SSSR count). The van der Waals surface area contributed by atoms with Crippen LogP contribution >= 0.6 is 0 Å². The van der Waals surface area contributed by atoms with Crippen molar-refractivity contribution >= 4 is 0 Å². The highest BCUT2D eigenvalue weighted by Gasteiger charge is 2.26. The molecule has 1 aromatic rings. The smallest absolute Gasteiger partial charge is 0.0538 e. The predicted molar refractivity (Wildman–Crippen MR) is 75.9 cm³/mol. The van der Waals surface area contributed by atoms with Gasteiger partial charge < -0.3 is 10.5 Å². The van der Waals surface area contributed by atoms with Crippen molar-refractivity contribution in [3.8, 4) is 0 Å². The van der Waals surface area contributed by atoms with Gasteiger partial charge in [0.25, 0.3) is 0 Å². The Kier molecular flexibility index (Phi) is 5.36. The van der Waals surface area contributed by atoms with Gasteiger partial charge in [0.2, 0.25) is 0 Å². The monoisotopic (exact) mass is 266 g/mol. The molecule has 5 nitrogen and oxygen atoms in total. The number of hydrogen-bond acceptors (Lipinski definition) is 4. The molecule has 1 saturated heterocycles. The van der Waals surface area contributed by atoms with Crippen LogP contribution in [-0.2, 0) is 11.3 Å². The van der Waals surface area contributed by atoms with Crippen molar-refractivity contribution in [3.63, 3.8) is 0 Å². The minimum Gasteiger partial charge on any atom is -0.384 e. The fourth-order valence-corrected chi connectivity index (χ4v) is 2.89. The molecule has 1 unspecified atom stereocenters.